The molecular formula is C23H23BrO4. The second kappa shape index (κ2) is 8.93. The Morgan fingerprint density at radius 2 is 1.82 bits per heavy atom. The van der Waals surface area contributed by atoms with Gasteiger partial charge in [0.15, 0.2) is 0 Å². The summed E-state index contributed by atoms with van der Waals surface area (Å²) >= 11 is 3.44. The maximum atomic E-state index is 12.9. The molecule has 1 saturated carbocycles. The van der Waals surface area contributed by atoms with Gasteiger partial charge in [-0.3, -0.25) is 4.79 Å². The predicted molar refractivity (Wildman–Crippen MR) is 110 cm³/mol. The van der Waals surface area contributed by atoms with E-state index in [0.29, 0.717) is 12.4 Å². The summed E-state index contributed by atoms with van der Waals surface area (Å²) in [7, 11) is 0. The smallest absolute Gasteiger partial charge is 0.208 e. The first kappa shape index (κ1) is 19.2. The number of rotatable bonds is 6. The highest BCUT2D eigenvalue weighted by molar-refractivity contribution is 9.10. The first-order valence-electron chi connectivity index (χ1n) is 9.68. The molecule has 3 atom stereocenters. The minimum atomic E-state index is -0.156. The van der Waals surface area contributed by atoms with Crippen LogP contribution in [0.4, 0.5) is 0 Å². The lowest BCUT2D eigenvalue weighted by atomic mass is 9.80. The van der Waals surface area contributed by atoms with Crippen molar-refractivity contribution >= 4 is 21.7 Å². The number of Topliss-reactive ketones (excluding diaryl/α,β-unsaturated/α-hetero) is 1. The fourth-order valence-corrected chi connectivity index (χ4v) is 4.16. The van der Waals surface area contributed by atoms with Crippen molar-refractivity contribution < 1.29 is 19.0 Å². The number of hydrogen-bond donors (Lipinski definition) is 0. The van der Waals surface area contributed by atoms with Crippen LogP contribution < -0.4 is 4.74 Å². The van der Waals surface area contributed by atoms with Gasteiger partial charge in [-0.1, -0.05) is 42.5 Å². The maximum absolute atomic E-state index is 12.9. The molecule has 0 amide bonds. The molecule has 2 aromatic rings. The van der Waals surface area contributed by atoms with Crippen LogP contribution in [0.2, 0.25) is 0 Å². The maximum Gasteiger partial charge on any atom is 0.208 e. The fourth-order valence-electron chi connectivity index (χ4n) is 3.79. The van der Waals surface area contributed by atoms with E-state index in [0.717, 1.165) is 30.2 Å². The molecule has 0 radical (unpaired) electrons. The van der Waals surface area contributed by atoms with Crippen molar-refractivity contribution in [1.29, 1.82) is 0 Å². The molecule has 0 bridgehead atoms. The second-order valence-electron chi connectivity index (χ2n) is 7.20. The summed E-state index contributed by atoms with van der Waals surface area (Å²) in [6, 6.07) is 17.8. The number of carbonyl (C=O) groups is 1. The van der Waals surface area contributed by atoms with Crippen LogP contribution >= 0.6 is 15.9 Å². The quantitative estimate of drug-likeness (QED) is 0.626. The molecule has 1 heterocycles. The molecule has 2 aliphatic rings. The molecule has 2 aromatic carbocycles. The first-order chi connectivity index (χ1) is 13.7. The van der Waals surface area contributed by atoms with Gasteiger partial charge in [0.1, 0.15) is 18.1 Å². The van der Waals surface area contributed by atoms with Crippen LogP contribution in [-0.2, 0) is 20.7 Å². The lowest BCUT2D eigenvalue weighted by molar-refractivity contribution is -0.133. The Morgan fingerprint density at radius 3 is 2.64 bits per heavy atom. The van der Waals surface area contributed by atoms with Crippen molar-refractivity contribution in [2.24, 2.45) is 5.92 Å². The molecule has 0 saturated heterocycles. The average molecular weight is 443 g/mol. The fraction of sp³-hybridized carbons (Fsp3) is 0.348. The minimum Gasteiger partial charge on any atom is -0.493 e. The summed E-state index contributed by atoms with van der Waals surface area (Å²) in [5.41, 5.74) is 1.28. The van der Waals surface area contributed by atoms with Crippen LogP contribution in [0, 0.1) is 5.92 Å². The summed E-state index contributed by atoms with van der Waals surface area (Å²) < 4.78 is 18.5. The van der Waals surface area contributed by atoms with Crippen molar-refractivity contribution in [3.63, 3.8) is 0 Å². The van der Waals surface area contributed by atoms with E-state index < -0.39 is 0 Å². The number of benzene rings is 2. The zero-order chi connectivity index (χ0) is 19.3. The third-order valence-electron chi connectivity index (χ3n) is 5.32. The average Bonchev–Trinajstić information content (AvgIpc) is 2.72. The molecule has 0 spiro atoms. The van der Waals surface area contributed by atoms with Gasteiger partial charge < -0.3 is 14.2 Å². The number of allylic oxidation sites excluding steroid dienone is 1. The van der Waals surface area contributed by atoms with Crippen molar-refractivity contribution in [3.05, 3.63) is 76.7 Å². The third kappa shape index (κ3) is 4.47. The standard InChI is InChI=1S/C23H23BrO4/c24-19-8-4-5-9-20(19)28-22-15-27-21-14-17(10-11-18(21)23(22)25)26-13-12-16-6-2-1-3-7-16/h1-9,15,17-18,21H,10-14H2. The Kier molecular flexibility index (Phi) is 6.13. The third-order valence-corrected chi connectivity index (χ3v) is 5.97. The highest BCUT2D eigenvalue weighted by Gasteiger charge is 2.41. The molecular weight excluding hydrogens is 420 g/mol. The van der Waals surface area contributed by atoms with Gasteiger partial charge in [0.2, 0.25) is 11.5 Å². The Labute approximate surface area is 173 Å². The highest BCUT2D eigenvalue weighted by atomic mass is 79.9. The Hall–Kier alpha value is -2.11. The van der Waals surface area contributed by atoms with Gasteiger partial charge >= 0.3 is 0 Å². The van der Waals surface area contributed by atoms with Gasteiger partial charge in [0, 0.05) is 6.42 Å². The Balaban J connectivity index is 1.31. The molecule has 1 aliphatic carbocycles. The van der Waals surface area contributed by atoms with E-state index in [1.807, 2.05) is 42.5 Å². The van der Waals surface area contributed by atoms with Gasteiger partial charge in [-0.15, -0.1) is 0 Å². The second-order valence-corrected chi connectivity index (χ2v) is 8.06. The molecule has 1 aliphatic heterocycles. The monoisotopic (exact) mass is 442 g/mol. The van der Waals surface area contributed by atoms with Crippen LogP contribution in [0.15, 0.2) is 71.1 Å². The van der Waals surface area contributed by atoms with Crippen molar-refractivity contribution in [1.82, 2.24) is 0 Å². The van der Waals surface area contributed by atoms with Crippen LogP contribution in [0.25, 0.3) is 0 Å². The van der Waals surface area contributed by atoms with Gasteiger partial charge in [0.05, 0.1) is 23.1 Å². The molecule has 0 N–H and O–H groups in total. The lowest BCUT2D eigenvalue weighted by Crippen LogP contribution is -2.42. The summed E-state index contributed by atoms with van der Waals surface area (Å²) in [5.74, 6) is 0.755. The number of ether oxygens (including phenoxy) is 3. The van der Waals surface area contributed by atoms with Gasteiger partial charge in [0.25, 0.3) is 0 Å². The van der Waals surface area contributed by atoms with E-state index in [9.17, 15) is 4.79 Å². The molecule has 3 unspecified atom stereocenters. The molecule has 4 nitrogen and oxygen atoms in total. The normalized spacial score (nSPS) is 24.1. The van der Waals surface area contributed by atoms with Crippen molar-refractivity contribution in [2.45, 2.75) is 37.9 Å². The van der Waals surface area contributed by atoms with Gasteiger partial charge in [-0.05, 0) is 52.9 Å². The molecule has 4 rings (SSSR count). The number of hydrogen-bond acceptors (Lipinski definition) is 4. The Bertz CT molecular complexity index is 849. The van der Waals surface area contributed by atoms with E-state index >= 15 is 0 Å². The topological polar surface area (TPSA) is 44.8 Å². The summed E-state index contributed by atoms with van der Waals surface area (Å²) in [6.07, 6.45) is 4.74. The summed E-state index contributed by atoms with van der Waals surface area (Å²) in [6.45, 7) is 0.687. The molecule has 146 valence electrons. The molecule has 5 heteroatoms. The van der Waals surface area contributed by atoms with Gasteiger partial charge in [-0.25, -0.2) is 0 Å². The predicted octanol–water partition coefficient (Wildman–Crippen LogP) is 5.07. The van der Waals surface area contributed by atoms with Crippen LogP contribution in [0.3, 0.4) is 0 Å². The number of fused-ring (bicyclic) bond motifs is 1. The molecule has 0 aromatic heterocycles. The minimum absolute atomic E-state index is 0.0229. The highest BCUT2D eigenvalue weighted by Crippen LogP contribution is 2.36. The van der Waals surface area contributed by atoms with E-state index in [-0.39, 0.29) is 29.7 Å². The summed E-state index contributed by atoms with van der Waals surface area (Å²) in [4.78, 5) is 12.9. The van der Waals surface area contributed by atoms with E-state index in [1.54, 1.807) is 0 Å². The number of halogens is 1. The Morgan fingerprint density at radius 1 is 1.04 bits per heavy atom. The first-order valence-corrected chi connectivity index (χ1v) is 10.5. The number of carbonyl (C=O) groups excluding carboxylic acids is 1. The zero-order valence-corrected chi connectivity index (χ0v) is 17.1. The van der Waals surface area contributed by atoms with E-state index in [2.05, 4.69) is 28.1 Å². The SMILES string of the molecule is O=C1C(Oc2ccccc2Br)=COC2CC(OCCc3ccccc3)CCC12. The number of ketones is 1. The number of para-hydroxylation sites is 1. The zero-order valence-electron chi connectivity index (χ0n) is 15.6. The van der Waals surface area contributed by atoms with Crippen molar-refractivity contribution in [2.75, 3.05) is 6.61 Å². The van der Waals surface area contributed by atoms with Crippen LogP contribution in [0.1, 0.15) is 24.8 Å². The molecule has 28 heavy (non-hydrogen) atoms. The largest absolute Gasteiger partial charge is 0.493 e. The van der Waals surface area contributed by atoms with Crippen LogP contribution in [-0.4, -0.2) is 24.6 Å². The van der Waals surface area contributed by atoms with E-state index in [1.165, 1.54) is 11.8 Å². The van der Waals surface area contributed by atoms with Gasteiger partial charge in [-0.2, -0.15) is 0 Å². The van der Waals surface area contributed by atoms with Crippen molar-refractivity contribution in [3.8, 4) is 5.75 Å². The van der Waals surface area contributed by atoms with Crippen LogP contribution in [0.5, 0.6) is 5.75 Å². The van der Waals surface area contributed by atoms with E-state index in [4.69, 9.17) is 14.2 Å². The summed E-state index contributed by atoms with van der Waals surface area (Å²) in [5, 5.41) is 0. The lowest BCUT2D eigenvalue weighted by Gasteiger charge is -2.37. The molecule has 1 fully saturated rings.